The van der Waals surface area contributed by atoms with Crippen LogP contribution >= 0.6 is 0 Å². The average molecular weight is 340 g/mol. The Morgan fingerprint density at radius 1 is 1.44 bits per heavy atom. The maximum absolute atomic E-state index is 12.4. The fourth-order valence-electron chi connectivity index (χ4n) is 3.16. The third-order valence-corrected chi connectivity index (χ3v) is 4.84. The second-order valence-corrected chi connectivity index (χ2v) is 6.73. The summed E-state index contributed by atoms with van der Waals surface area (Å²) in [6.07, 6.45) is 3.10. The van der Waals surface area contributed by atoms with Crippen LogP contribution in [0.25, 0.3) is 11.0 Å². The van der Waals surface area contributed by atoms with Crippen LogP contribution in [0.5, 0.6) is 5.75 Å². The van der Waals surface area contributed by atoms with Crippen LogP contribution in [0, 0.1) is 12.3 Å². The average Bonchev–Trinajstić information content (AvgIpc) is 2.56. The number of benzene rings is 1. The number of aliphatic carboxylic acids is 1. The molecule has 5 nitrogen and oxygen atoms in total. The van der Waals surface area contributed by atoms with Gasteiger partial charge in [0.15, 0.2) is 0 Å². The van der Waals surface area contributed by atoms with Crippen LogP contribution in [0.4, 0.5) is 0 Å². The van der Waals surface area contributed by atoms with Gasteiger partial charge >= 0.3 is 11.6 Å². The van der Waals surface area contributed by atoms with Crippen LogP contribution in [0.2, 0.25) is 0 Å². The highest BCUT2D eigenvalue weighted by atomic mass is 16.5. The molecule has 1 aromatic heterocycles. The van der Waals surface area contributed by atoms with Gasteiger partial charge in [-0.25, -0.2) is 9.59 Å². The maximum atomic E-state index is 12.4. The number of aryl methyl sites for hydroxylation is 1. The minimum absolute atomic E-state index is 0.186. The summed E-state index contributed by atoms with van der Waals surface area (Å²) in [5.74, 6) is -0.530. The summed E-state index contributed by atoms with van der Waals surface area (Å²) in [5.41, 5.74) is 0.987. The van der Waals surface area contributed by atoms with Gasteiger partial charge in [-0.15, -0.1) is 6.58 Å². The summed E-state index contributed by atoms with van der Waals surface area (Å²) >= 11 is 0. The standard InChI is InChI=1S/C20H20O5/c1-5-20(4)10-13-17(25-15(20)9-12(3)18(21)22)16-11(2)7-6-8-14(16)24-19(13)23/h5-9,15H,1,10H2,2-4H3,(H,21,22). The third-order valence-electron chi connectivity index (χ3n) is 4.84. The molecule has 0 bridgehead atoms. The van der Waals surface area contributed by atoms with Gasteiger partial charge in [0.2, 0.25) is 0 Å². The molecule has 2 atom stereocenters. The minimum Gasteiger partial charge on any atom is -0.484 e. The molecular formula is C20H20O5. The van der Waals surface area contributed by atoms with Crippen LogP contribution < -0.4 is 10.4 Å². The fourth-order valence-corrected chi connectivity index (χ4v) is 3.16. The molecule has 0 fully saturated rings. The number of hydrogen-bond acceptors (Lipinski definition) is 4. The van der Waals surface area contributed by atoms with Gasteiger partial charge in [0.1, 0.15) is 17.4 Å². The Labute approximate surface area is 145 Å². The first-order chi connectivity index (χ1) is 11.8. The molecule has 130 valence electrons. The highest BCUT2D eigenvalue weighted by Crippen LogP contribution is 2.43. The smallest absolute Gasteiger partial charge is 0.343 e. The van der Waals surface area contributed by atoms with Crippen LogP contribution in [0.15, 0.2) is 51.7 Å². The lowest BCUT2D eigenvalue weighted by Gasteiger charge is -2.38. The number of hydrogen-bond donors (Lipinski definition) is 1. The molecule has 1 aliphatic heterocycles. The summed E-state index contributed by atoms with van der Waals surface area (Å²) in [6.45, 7) is 9.18. The van der Waals surface area contributed by atoms with Gasteiger partial charge in [-0.3, -0.25) is 0 Å². The van der Waals surface area contributed by atoms with Gasteiger partial charge in [0, 0.05) is 11.0 Å². The van der Waals surface area contributed by atoms with Gasteiger partial charge in [-0.05, 0) is 38.0 Å². The summed E-state index contributed by atoms with van der Waals surface area (Å²) in [6, 6.07) is 5.46. The number of fused-ring (bicyclic) bond motifs is 3. The molecule has 2 aromatic rings. The highest BCUT2D eigenvalue weighted by molar-refractivity contribution is 5.88. The molecule has 0 aliphatic carbocycles. The molecule has 0 saturated heterocycles. The van der Waals surface area contributed by atoms with Gasteiger partial charge < -0.3 is 14.3 Å². The molecular weight excluding hydrogens is 320 g/mol. The van der Waals surface area contributed by atoms with Crippen molar-refractivity contribution in [2.24, 2.45) is 5.41 Å². The third kappa shape index (κ3) is 2.76. The quantitative estimate of drug-likeness (QED) is 0.524. The Bertz CT molecular complexity index is 966. The van der Waals surface area contributed by atoms with Gasteiger partial charge in [-0.2, -0.15) is 0 Å². The molecule has 1 N–H and O–H groups in total. The lowest BCUT2D eigenvalue weighted by Crippen LogP contribution is -2.41. The van der Waals surface area contributed by atoms with Crippen molar-refractivity contribution in [1.29, 1.82) is 0 Å². The Morgan fingerprint density at radius 2 is 2.16 bits per heavy atom. The monoisotopic (exact) mass is 340 g/mol. The lowest BCUT2D eigenvalue weighted by molar-refractivity contribution is -0.132. The maximum Gasteiger partial charge on any atom is 0.343 e. The summed E-state index contributed by atoms with van der Waals surface area (Å²) in [5, 5.41) is 9.94. The number of carboxylic acid groups (broad SMARTS) is 1. The van der Waals surface area contributed by atoms with Crippen LogP contribution in [-0.4, -0.2) is 17.2 Å². The zero-order valence-corrected chi connectivity index (χ0v) is 14.5. The van der Waals surface area contributed by atoms with E-state index in [0.29, 0.717) is 23.3 Å². The van der Waals surface area contributed by atoms with Crippen LogP contribution in [-0.2, 0) is 11.2 Å². The Morgan fingerprint density at radius 3 is 2.80 bits per heavy atom. The first kappa shape index (κ1) is 17.0. The number of ether oxygens (including phenoxy) is 1. The number of carboxylic acids is 1. The lowest BCUT2D eigenvalue weighted by atomic mass is 9.76. The van der Waals surface area contributed by atoms with Crippen molar-refractivity contribution in [2.75, 3.05) is 0 Å². The first-order valence-corrected chi connectivity index (χ1v) is 8.04. The van der Waals surface area contributed by atoms with Gasteiger partial charge in [0.05, 0.1) is 10.9 Å². The van der Waals surface area contributed by atoms with Crippen molar-refractivity contribution in [3.63, 3.8) is 0 Å². The van der Waals surface area contributed by atoms with E-state index in [2.05, 4.69) is 6.58 Å². The van der Waals surface area contributed by atoms with Gasteiger partial charge in [-0.1, -0.05) is 25.1 Å². The molecule has 0 radical (unpaired) electrons. The van der Waals surface area contributed by atoms with E-state index in [1.165, 1.54) is 6.92 Å². The highest BCUT2D eigenvalue weighted by Gasteiger charge is 2.40. The van der Waals surface area contributed by atoms with Crippen molar-refractivity contribution in [2.45, 2.75) is 33.3 Å². The Kier molecular flexibility index (Phi) is 4.03. The van der Waals surface area contributed by atoms with Crippen LogP contribution in [0.1, 0.15) is 25.0 Å². The molecule has 1 aromatic carbocycles. The van der Waals surface area contributed by atoms with Crippen LogP contribution in [0.3, 0.4) is 0 Å². The van der Waals surface area contributed by atoms with E-state index in [1.807, 2.05) is 26.0 Å². The Hall–Kier alpha value is -2.82. The van der Waals surface area contributed by atoms with E-state index in [0.717, 1.165) is 10.9 Å². The van der Waals surface area contributed by atoms with Gasteiger partial charge in [0.25, 0.3) is 0 Å². The molecule has 5 heteroatoms. The second-order valence-electron chi connectivity index (χ2n) is 6.73. The predicted molar refractivity (Wildman–Crippen MR) is 95.0 cm³/mol. The molecule has 25 heavy (non-hydrogen) atoms. The van der Waals surface area contributed by atoms with E-state index in [9.17, 15) is 14.7 Å². The van der Waals surface area contributed by atoms with E-state index >= 15 is 0 Å². The largest absolute Gasteiger partial charge is 0.484 e. The summed E-state index contributed by atoms with van der Waals surface area (Å²) < 4.78 is 11.6. The molecule has 0 saturated carbocycles. The van der Waals surface area contributed by atoms with E-state index < -0.39 is 23.1 Å². The zero-order valence-electron chi connectivity index (χ0n) is 14.5. The first-order valence-electron chi connectivity index (χ1n) is 8.04. The van der Waals surface area contributed by atoms with E-state index in [-0.39, 0.29) is 5.57 Å². The number of carbonyl (C=O) groups is 1. The molecule has 0 spiro atoms. The van der Waals surface area contributed by atoms with E-state index in [1.54, 1.807) is 18.2 Å². The van der Waals surface area contributed by atoms with Crippen molar-refractivity contribution >= 4 is 16.9 Å². The van der Waals surface area contributed by atoms with Crippen molar-refractivity contribution in [3.05, 3.63) is 64.1 Å². The number of rotatable bonds is 3. The molecule has 3 rings (SSSR count). The van der Waals surface area contributed by atoms with Crippen molar-refractivity contribution < 1.29 is 19.1 Å². The van der Waals surface area contributed by atoms with Crippen molar-refractivity contribution in [1.82, 2.24) is 0 Å². The molecule has 0 amide bonds. The predicted octanol–water partition coefficient (Wildman–Crippen LogP) is 3.63. The molecule has 1 aliphatic rings. The normalized spacial score (nSPS) is 23.0. The molecule has 2 unspecified atom stereocenters. The topological polar surface area (TPSA) is 76.7 Å². The SMILES string of the molecule is C=CC1(C)Cc2c(c3c(C)cccc3oc2=O)OC1C=C(C)C(=O)O. The zero-order chi connectivity index (χ0) is 18.4. The second kappa shape index (κ2) is 5.92. The Balaban J connectivity index is 2.27. The van der Waals surface area contributed by atoms with E-state index in [4.69, 9.17) is 9.15 Å². The van der Waals surface area contributed by atoms with Crippen molar-refractivity contribution in [3.8, 4) is 5.75 Å². The summed E-state index contributed by atoms with van der Waals surface area (Å²) in [4.78, 5) is 23.7. The minimum atomic E-state index is -1.01. The summed E-state index contributed by atoms with van der Waals surface area (Å²) in [7, 11) is 0. The fraction of sp³-hybridized carbons (Fsp3) is 0.300. The molecule has 2 heterocycles.